The van der Waals surface area contributed by atoms with Crippen molar-refractivity contribution in [1.29, 1.82) is 0 Å². The molecule has 0 aliphatic rings. The molecular weight excluding hydrogens is 354 g/mol. The molecule has 0 unspecified atom stereocenters. The molecular formula is C27H33NO. The lowest BCUT2D eigenvalue weighted by molar-refractivity contribution is -0.117. The number of hydrogen-bond donors (Lipinski definition) is 1. The molecule has 0 spiro atoms. The fourth-order valence-electron chi connectivity index (χ4n) is 3.45. The minimum atomic E-state index is -0.263. The van der Waals surface area contributed by atoms with Crippen LogP contribution in [0, 0.1) is 6.92 Å². The second-order valence-corrected chi connectivity index (χ2v) is 8.00. The third-order valence-corrected chi connectivity index (χ3v) is 5.04. The summed E-state index contributed by atoms with van der Waals surface area (Å²) in [4.78, 5) is 12.7. The number of rotatable bonds is 5. The molecule has 0 saturated carbocycles. The molecule has 3 aromatic rings. The van der Waals surface area contributed by atoms with E-state index in [9.17, 15) is 4.79 Å². The Bertz CT molecular complexity index is 1010. The Morgan fingerprint density at radius 1 is 0.966 bits per heavy atom. The smallest absolute Gasteiger partial charge is 0.225 e. The van der Waals surface area contributed by atoms with E-state index in [1.807, 2.05) is 45.0 Å². The lowest BCUT2D eigenvalue weighted by Crippen LogP contribution is -2.26. The maximum atomic E-state index is 12.7. The molecule has 2 nitrogen and oxygen atoms in total. The van der Waals surface area contributed by atoms with E-state index in [4.69, 9.17) is 0 Å². The third kappa shape index (κ3) is 5.57. The minimum absolute atomic E-state index is 0.0118. The first-order valence-corrected chi connectivity index (χ1v) is 10.3. The highest BCUT2D eigenvalue weighted by Gasteiger charge is 2.25. The van der Waals surface area contributed by atoms with Gasteiger partial charge in [0.1, 0.15) is 0 Å². The fourth-order valence-corrected chi connectivity index (χ4v) is 3.45. The van der Waals surface area contributed by atoms with Gasteiger partial charge in [0.2, 0.25) is 5.91 Å². The Morgan fingerprint density at radius 2 is 1.59 bits per heavy atom. The predicted octanol–water partition coefficient (Wildman–Crippen LogP) is 7.51. The van der Waals surface area contributed by atoms with Crippen LogP contribution in [0.2, 0.25) is 0 Å². The van der Waals surface area contributed by atoms with Crippen molar-refractivity contribution in [3.63, 3.8) is 0 Å². The second-order valence-electron chi connectivity index (χ2n) is 8.00. The van der Waals surface area contributed by atoms with Crippen LogP contribution in [0.3, 0.4) is 0 Å². The van der Waals surface area contributed by atoms with Gasteiger partial charge in [0.15, 0.2) is 0 Å². The molecule has 0 aliphatic heterocycles. The average Bonchev–Trinajstić information content (AvgIpc) is 2.68. The topological polar surface area (TPSA) is 29.1 Å². The van der Waals surface area contributed by atoms with Crippen molar-refractivity contribution in [2.24, 2.45) is 0 Å². The van der Waals surface area contributed by atoms with Crippen LogP contribution >= 0.6 is 0 Å². The number of carbonyl (C=O) groups is 1. The summed E-state index contributed by atoms with van der Waals surface area (Å²) in [7, 11) is 0. The Balaban J connectivity index is 0.00000145. The van der Waals surface area contributed by atoms with Crippen molar-refractivity contribution in [3.8, 4) is 0 Å². The molecule has 2 heteroatoms. The summed E-state index contributed by atoms with van der Waals surface area (Å²) in [6, 6.07) is 20.7. The summed E-state index contributed by atoms with van der Waals surface area (Å²) in [6.07, 6.45) is 0.412. The third-order valence-electron chi connectivity index (χ3n) is 5.04. The second kappa shape index (κ2) is 9.56. The molecule has 0 saturated heterocycles. The first-order valence-electron chi connectivity index (χ1n) is 10.3. The highest BCUT2D eigenvalue weighted by atomic mass is 16.1. The van der Waals surface area contributed by atoms with Crippen molar-refractivity contribution < 1.29 is 4.79 Å². The standard InChI is InChI=1S/C25H27NO.C2H6/c1-17(2)22-8-6-7-9-23(22)26-24(27)16-25(4,5)21-13-12-19-14-18(3)10-11-20(19)15-21;1-2/h6-15H,1,16H2,2-5H3,(H,26,27);1-2H3. The van der Waals surface area contributed by atoms with Crippen LogP contribution in [-0.2, 0) is 10.2 Å². The average molecular weight is 388 g/mol. The highest BCUT2D eigenvalue weighted by molar-refractivity contribution is 5.94. The minimum Gasteiger partial charge on any atom is -0.325 e. The van der Waals surface area contributed by atoms with Crippen LogP contribution in [0.15, 0.2) is 67.2 Å². The van der Waals surface area contributed by atoms with Crippen molar-refractivity contribution in [1.82, 2.24) is 0 Å². The number of allylic oxidation sites excluding steroid dienone is 1. The SMILES string of the molecule is C=C(C)c1ccccc1NC(=O)CC(C)(C)c1ccc2cc(C)ccc2c1.CC. The van der Waals surface area contributed by atoms with Gasteiger partial charge in [-0.05, 0) is 47.2 Å². The quantitative estimate of drug-likeness (QED) is 0.482. The van der Waals surface area contributed by atoms with Crippen LogP contribution in [0.5, 0.6) is 0 Å². The number of anilines is 1. The lowest BCUT2D eigenvalue weighted by Gasteiger charge is -2.25. The van der Waals surface area contributed by atoms with Crippen molar-refractivity contribution >= 4 is 27.9 Å². The Morgan fingerprint density at radius 3 is 2.28 bits per heavy atom. The van der Waals surface area contributed by atoms with Gasteiger partial charge in [-0.15, -0.1) is 0 Å². The summed E-state index contributed by atoms with van der Waals surface area (Å²) in [5.41, 5.74) is 4.90. The fraction of sp³-hybridized carbons (Fsp3) is 0.296. The van der Waals surface area contributed by atoms with Gasteiger partial charge in [0, 0.05) is 17.7 Å². The van der Waals surface area contributed by atoms with E-state index < -0.39 is 0 Å². The number of fused-ring (bicyclic) bond motifs is 1. The normalized spacial score (nSPS) is 10.8. The summed E-state index contributed by atoms with van der Waals surface area (Å²) in [5, 5.41) is 5.50. The van der Waals surface area contributed by atoms with Gasteiger partial charge in [-0.25, -0.2) is 0 Å². The molecule has 3 rings (SSSR count). The van der Waals surface area contributed by atoms with E-state index in [0.717, 1.165) is 16.8 Å². The summed E-state index contributed by atoms with van der Waals surface area (Å²) < 4.78 is 0. The number of aryl methyl sites for hydroxylation is 1. The molecule has 0 radical (unpaired) electrons. The molecule has 29 heavy (non-hydrogen) atoms. The number of hydrogen-bond acceptors (Lipinski definition) is 1. The van der Waals surface area contributed by atoms with Gasteiger partial charge >= 0.3 is 0 Å². The van der Waals surface area contributed by atoms with Crippen molar-refractivity contribution in [2.45, 2.75) is 53.4 Å². The van der Waals surface area contributed by atoms with Crippen LogP contribution in [0.1, 0.15) is 57.7 Å². The lowest BCUT2D eigenvalue weighted by atomic mass is 9.80. The Hall–Kier alpha value is -2.87. The van der Waals surface area contributed by atoms with E-state index in [2.05, 4.69) is 69.1 Å². The Labute approximate surface area is 175 Å². The van der Waals surface area contributed by atoms with Gasteiger partial charge in [-0.2, -0.15) is 0 Å². The summed E-state index contributed by atoms with van der Waals surface area (Å²) >= 11 is 0. The predicted molar refractivity (Wildman–Crippen MR) is 127 cm³/mol. The van der Waals surface area contributed by atoms with Gasteiger partial charge in [0.25, 0.3) is 0 Å². The summed E-state index contributed by atoms with van der Waals surface area (Å²) in [6.45, 7) is 16.3. The molecule has 0 aromatic heterocycles. The maximum absolute atomic E-state index is 12.7. The Kier molecular flexibility index (Phi) is 7.39. The van der Waals surface area contributed by atoms with E-state index >= 15 is 0 Å². The van der Waals surface area contributed by atoms with Gasteiger partial charge in [-0.1, -0.05) is 94.4 Å². The highest BCUT2D eigenvalue weighted by Crippen LogP contribution is 2.31. The number of para-hydroxylation sites is 1. The molecule has 152 valence electrons. The van der Waals surface area contributed by atoms with Crippen LogP contribution in [0.25, 0.3) is 16.3 Å². The monoisotopic (exact) mass is 387 g/mol. The van der Waals surface area contributed by atoms with E-state index in [1.165, 1.54) is 21.9 Å². The molecule has 0 heterocycles. The van der Waals surface area contributed by atoms with Gasteiger partial charge < -0.3 is 5.32 Å². The molecule has 0 aliphatic carbocycles. The van der Waals surface area contributed by atoms with Crippen molar-refractivity contribution in [2.75, 3.05) is 5.32 Å². The number of nitrogens with one attached hydrogen (secondary N) is 1. The largest absolute Gasteiger partial charge is 0.325 e. The van der Waals surface area contributed by atoms with Crippen LogP contribution in [0.4, 0.5) is 5.69 Å². The number of amides is 1. The zero-order valence-corrected chi connectivity index (χ0v) is 18.6. The maximum Gasteiger partial charge on any atom is 0.225 e. The zero-order valence-electron chi connectivity index (χ0n) is 18.6. The van der Waals surface area contributed by atoms with Gasteiger partial charge in [-0.3, -0.25) is 4.79 Å². The van der Waals surface area contributed by atoms with E-state index in [0.29, 0.717) is 6.42 Å². The number of carbonyl (C=O) groups excluding carboxylic acids is 1. The van der Waals surface area contributed by atoms with Crippen LogP contribution in [-0.4, -0.2) is 5.91 Å². The molecule has 1 N–H and O–H groups in total. The number of benzene rings is 3. The molecule has 0 bridgehead atoms. The molecule has 0 fully saturated rings. The van der Waals surface area contributed by atoms with E-state index in [1.54, 1.807) is 0 Å². The van der Waals surface area contributed by atoms with Crippen LogP contribution < -0.4 is 5.32 Å². The summed E-state index contributed by atoms with van der Waals surface area (Å²) in [5.74, 6) is 0.0118. The zero-order chi connectivity index (χ0) is 21.6. The van der Waals surface area contributed by atoms with Gasteiger partial charge in [0.05, 0.1) is 0 Å². The van der Waals surface area contributed by atoms with E-state index in [-0.39, 0.29) is 11.3 Å². The first kappa shape index (κ1) is 22.4. The molecule has 1 amide bonds. The molecule has 3 aromatic carbocycles. The first-order chi connectivity index (χ1) is 13.8. The van der Waals surface area contributed by atoms with Crippen molar-refractivity contribution in [3.05, 3.63) is 83.9 Å². The molecule has 0 atom stereocenters.